The number of halogens is 1. The van der Waals surface area contributed by atoms with Crippen molar-refractivity contribution in [3.63, 3.8) is 0 Å². The number of nitrogens with zero attached hydrogens (tertiary/aromatic N) is 1. The lowest BCUT2D eigenvalue weighted by Crippen LogP contribution is -2.41. The molecule has 1 aromatic carbocycles. The van der Waals surface area contributed by atoms with E-state index in [0.717, 1.165) is 25.1 Å². The van der Waals surface area contributed by atoms with E-state index < -0.39 is 0 Å². The number of carbonyl (C=O) groups is 1. The molecule has 0 aromatic heterocycles. The Morgan fingerprint density at radius 2 is 2.20 bits per heavy atom. The van der Waals surface area contributed by atoms with Crippen molar-refractivity contribution in [1.29, 1.82) is 0 Å². The van der Waals surface area contributed by atoms with Gasteiger partial charge in [-0.3, -0.25) is 0 Å². The van der Waals surface area contributed by atoms with Crippen LogP contribution < -0.4 is 5.32 Å². The van der Waals surface area contributed by atoms with Crippen molar-refractivity contribution in [2.24, 2.45) is 5.92 Å². The van der Waals surface area contributed by atoms with Crippen LogP contribution in [0.3, 0.4) is 0 Å². The van der Waals surface area contributed by atoms with Crippen molar-refractivity contribution in [2.45, 2.75) is 39.7 Å². The zero-order chi connectivity index (χ0) is 14.5. The number of amides is 2. The Balaban J connectivity index is 1.86. The molecule has 1 N–H and O–H groups in total. The lowest BCUT2D eigenvalue weighted by molar-refractivity contribution is 0.195. The van der Waals surface area contributed by atoms with Gasteiger partial charge in [0.1, 0.15) is 5.82 Å². The summed E-state index contributed by atoms with van der Waals surface area (Å²) in [5.74, 6) is 0.488. The Labute approximate surface area is 120 Å². The molecule has 110 valence electrons. The van der Waals surface area contributed by atoms with Crippen LogP contribution in [-0.2, 0) is 6.54 Å². The highest BCUT2D eigenvalue weighted by molar-refractivity contribution is 5.74. The molecule has 1 fully saturated rings. The van der Waals surface area contributed by atoms with Gasteiger partial charge in [0.05, 0.1) is 0 Å². The van der Waals surface area contributed by atoms with Gasteiger partial charge < -0.3 is 10.2 Å². The van der Waals surface area contributed by atoms with Crippen LogP contribution in [0.2, 0.25) is 0 Å². The van der Waals surface area contributed by atoms with Crippen LogP contribution in [0.1, 0.15) is 37.3 Å². The molecule has 1 aliphatic carbocycles. The van der Waals surface area contributed by atoms with Crippen LogP contribution in [0.15, 0.2) is 18.2 Å². The fraction of sp³-hybridized carbons (Fsp3) is 0.562. The van der Waals surface area contributed by atoms with Gasteiger partial charge in [0.2, 0.25) is 0 Å². The number of rotatable bonds is 6. The molecule has 0 spiro atoms. The molecule has 2 amide bonds. The second-order valence-corrected chi connectivity index (χ2v) is 5.63. The normalized spacial score (nSPS) is 14.2. The van der Waals surface area contributed by atoms with Crippen molar-refractivity contribution < 1.29 is 9.18 Å². The zero-order valence-electron chi connectivity index (χ0n) is 12.3. The minimum Gasteiger partial charge on any atom is -0.334 e. The summed E-state index contributed by atoms with van der Waals surface area (Å²) in [4.78, 5) is 14.1. The standard InChI is InChI=1S/C16H23FN2O/c1-3-8-19(11-13-4-5-13)16(20)18-10-14-6-7-15(17)12(2)9-14/h6-7,9,13H,3-5,8,10-11H2,1-2H3,(H,18,20). The highest BCUT2D eigenvalue weighted by Crippen LogP contribution is 2.29. The van der Waals surface area contributed by atoms with Crippen LogP contribution in [0.4, 0.5) is 9.18 Å². The highest BCUT2D eigenvalue weighted by Gasteiger charge is 2.26. The number of aryl methyl sites for hydroxylation is 1. The first-order valence-electron chi connectivity index (χ1n) is 7.38. The van der Waals surface area contributed by atoms with E-state index in [9.17, 15) is 9.18 Å². The van der Waals surface area contributed by atoms with E-state index in [2.05, 4.69) is 12.2 Å². The SMILES string of the molecule is CCCN(CC1CC1)C(=O)NCc1ccc(F)c(C)c1. The minimum atomic E-state index is -0.207. The number of nitrogens with one attached hydrogen (secondary N) is 1. The van der Waals surface area contributed by atoms with Gasteiger partial charge in [0, 0.05) is 19.6 Å². The molecule has 1 aliphatic rings. The fourth-order valence-corrected chi connectivity index (χ4v) is 2.26. The Morgan fingerprint density at radius 3 is 2.80 bits per heavy atom. The summed E-state index contributed by atoms with van der Waals surface area (Å²) in [7, 11) is 0. The molecule has 0 bridgehead atoms. The van der Waals surface area contributed by atoms with Crippen molar-refractivity contribution >= 4 is 6.03 Å². The highest BCUT2D eigenvalue weighted by atomic mass is 19.1. The van der Waals surface area contributed by atoms with Gasteiger partial charge in [-0.25, -0.2) is 9.18 Å². The number of carbonyl (C=O) groups excluding carboxylic acids is 1. The summed E-state index contributed by atoms with van der Waals surface area (Å²) >= 11 is 0. The van der Waals surface area contributed by atoms with Crippen LogP contribution in [0, 0.1) is 18.7 Å². The molecule has 2 rings (SSSR count). The van der Waals surface area contributed by atoms with Crippen molar-refractivity contribution in [3.05, 3.63) is 35.1 Å². The first-order valence-corrected chi connectivity index (χ1v) is 7.38. The smallest absolute Gasteiger partial charge is 0.317 e. The monoisotopic (exact) mass is 278 g/mol. The summed E-state index contributed by atoms with van der Waals surface area (Å²) in [6.45, 7) is 5.92. The summed E-state index contributed by atoms with van der Waals surface area (Å²) < 4.78 is 13.2. The maximum absolute atomic E-state index is 13.2. The van der Waals surface area contributed by atoms with Crippen LogP contribution in [0.5, 0.6) is 0 Å². The molecule has 20 heavy (non-hydrogen) atoms. The Kier molecular flexibility index (Phi) is 4.99. The third-order valence-electron chi connectivity index (χ3n) is 3.62. The first-order chi connectivity index (χ1) is 9.60. The van der Waals surface area contributed by atoms with Gasteiger partial charge in [0.25, 0.3) is 0 Å². The van der Waals surface area contributed by atoms with Crippen LogP contribution in [-0.4, -0.2) is 24.0 Å². The van der Waals surface area contributed by atoms with Crippen molar-refractivity contribution in [2.75, 3.05) is 13.1 Å². The molecule has 3 nitrogen and oxygen atoms in total. The van der Waals surface area contributed by atoms with E-state index in [1.807, 2.05) is 4.90 Å². The number of urea groups is 1. The lowest BCUT2D eigenvalue weighted by atomic mass is 10.1. The molecule has 0 radical (unpaired) electrons. The van der Waals surface area contributed by atoms with Gasteiger partial charge in [-0.05, 0) is 49.3 Å². The average molecular weight is 278 g/mol. The van der Waals surface area contributed by atoms with E-state index >= 15 is 0 Å². The van der Waals surface area contributed by atoms with E-state index in [-0.39, 0.29) is 11.8 Å². The molecule has 0 aliphatic heterocycles. The van der Waals surface area contributed by atoms with Crippen molar-refractivity contribution in [3.8, 4) is 0 Å². The van der Waals surface area contributed by atoms with E-state index in [4.69, 9.17) is 0 Å². The summed E-state index contributed by atoms with van der Waals surface area (Å²) in [6.07, 6.45) is 3.45. The summed E-state index contributed by atoms with van der Waals surface area (Å²) in [5.41, 5.74) is 1.54. The number of hydrogen-bond donors (Lipinski definition) is 1. The number of benzene rings is 1. The fourth-order valence-electron chi connectivity index (χ4n) is 2.26. The molecule has 4 heteroatoms. The molecule has 0 unspecified atom stereocenters. The molecular weight excluding hydrogens is 255 g/mol. The van der Waals surface area contributed by atoms with Gasteiger partial charge >= 0.3 is 6.03 Å². The van der Waals surface area contributed by atoms with Gasteiger partial charge in [-0.2, -0.15) is 0 Å². The average Bonchev–Trinajstić information content (AvgIpc) is 3.23. The van der Waals surface area contributed by atoms with Crippen molar-refractivity contribution in [1.82, 2.24) is 10.2 Å². The van der Waals surface area contributed by atoms with Gasteiger partial charge in [-0.1, -0.05) is 19.1 Å². The largest absolute Gasteiger partial charge is 0.334 e. The second-order valence-electron chi connectivity index (χ2n) is 5.63. The van der Waals surface area contributed by atoms with Crippen LogP contribution in [0.25, 0.3) is 0 Å². The first kappa shape index (κ1) is 14.8. The van der Waals surface area contributed by atoms with E-state index in [1.54, 1.807) is 19.1 Å². The molecule has 1 saturated carbocycles. The van der Waals surface area contributed by atoms with Gasteiger partial charge in [0.15, 0.2) is 0 Å². The predicted molar refractivity (Wildman–Crippen MR) is 78.0 cm³/mol. The molecule has 1 aromatic rings. The molecular formula is C16H23FN2O. The molecule has 0 atom stereocenters. The maximum Gasteiger partial charge on any atom is 0.317 e. The Bertz CT molecular complexity index is 472. The third kappa shape index (κ3) is 4.22. The predicted octanol–water partition coefficient (Wildman–Crippen LogP) is 3.47. The Morgan fingerprint density at radius 1 is 1.45 bits per heavy atom. The maximum atomic E-state index is 13.2. The minimum absolute atomic E-state index is 0.0132. The Hall–Kier alpha value is -1.58. The topological polar surface area (TPSA) is 32.3 Å². The van der Waals surface area contributed by atoms with Crippen LogP contribution >= 0.6 is 0 Å². The van der Waals surface area contributed by atoms with E-state index in [0.29, 0.717) is 18.0 Å². The zero-order valence-corrected chi connectivity index (χ0v) is 12.3. The molecule has 0 heterocycles. The summed E-state index contributed by atoms with van der Waals surface area (Å²) in [6, 6.07) is 4.93. The van der Waals surface area contributed by atoms with Gasteiger partial charge in [-0.15, -0.1) is 0 Å². The second kappa shape index (κ2) is 6.73. The summed E-state index contributed by atoms with van der Waals surface area (Å²) in [5, 5.41) is 2.93. The lowest BCUT2D eigenvalue weighted by Gasteiger charge is -2.22. The quantitative estimate of drug-likeness (QED) is 0.849. The van der Waals surface area contributed by atoms with E-state index in [1.165, 1.54) is 18.9 Å². The molecule has 0 saturated heterocycles. The third-order valence-corrected chi connectivity index (χ3v) is 3.62. The number of hydrogen-bond acceptors (Lipinski definition) is 1.